The number of carbonyl (C=O) groups is 2. The molecule has 0 spiro atoms. The van der Waals surface area contributed by atoms with Crippen molar-refractivity contribution in [2.24, 2.45) is 11.7 Å². The maximum atomic E-state index is 12.5. The Morgan fingerprint density at radius 3 is 2.53 bits per heavy atom. The van der Waals surface area contributed by atoms with Gasteiger partial charge in [0, 0.05) is 5.56 Å². The number of nitrogens with zero attached hydrogens (tertiary/aromatic N) is 1. The molecule has 1 amide bonds. The molecule has 0 aliphatic heterocycles. The van der Waals surface area contributed by atoms with Crippen LogP contribution in [-0.2, 0) is 11.3 Å². The quantitative estimate of drug-likeness (QED) is 0.533. The molecule has 6 nitrogen and oxygen atoms in total. The fourth-order valence-electron chi connectivity index (χ4n) is 2.74. The predicted octanol–water partition coefficient (Wildman–Crippen LogP) is 4.61. The summed E-state index contributed by atoms with van der Waals surface area (Å²) in [6.07, 6.45) is 0. The smallest absolute Gasteiger partial charge is 0.350 e. The second-order valence-electron chi connectivity index (χ2n) is 7.28. The van der Waals surface area contributed by atoms with Crippen LogP contribution in [0.25, 0.3) is 10.6 Å². The molecule has 2 N–H and O–H groups in total. The molecule has 2 aromatic carbocycles. The molecule has 1 aromatic heterocycles. The molecule has 0 aliphatic carbocycles. The van der Waals surface area contributed by atoms with Gasteiger partial charge in [-0.15, -0.1) is 11.3 Å². The van der Waals surface area contributed by atoms with E-state index in [0.717, 1.165) is 5.56 Å². The molecule has 3 rings (SSSR count). The molecule has 7 heteroatoms. The van der Waals surface area contributed by atoms with Crippen molar-refractivity contribution in [1.82, 2.24) is 4.98 Å². The summed E-state index contributed by atoms with van der Waals surface area (Å²) < 4.78 is 11.1. The van der Waals surface area contributed by atoms with Crippen molar-refractivity contribution in [2.45, 2.75) is 27.4 Å². The molecule has 1 heterocycles. The fraction of sp³-hybridized carbons (Fsp3) is 0.261. The average Bonchev–Trinajstić information content (AvgIpc) is 3.12. The number of thiazole rings is 1. The zero-order valence-corrected chi connectivity index (χ0v) is 18.0. The van der Waals surface area contributed by atoms with Crippen LogP contribution >= 0.6 is 11.3 Å². The number of nitrogens with two attached hydrogens (primary N) is 1. The Labute approximate surface area is 179 Å². The molecular weight excluding hydrogens is 400 g/mol. The molecular formula is C23H24N2O4S. The average molecular weight is 425 g/mol. The van der Waals surface area contributed by atoms with Crippen molar-refractivity contribution in [3.05, 3.63) is 70.2 Å². The number of carbonyl (C=O) groups excluding carboxylic acids is 2. The molecule has 0 radical (unpaired) electrons. The number of hydrogen-bond donors (Lipinski definition) is 1. The van der Waals surface area contributed by atoms with Gasteiger partial charge in [-0.2, -0.15) is 0 Å². The molecule has 0 unspecified atom stereocenters. The lowest BCUT2D eigenvalue weighted by Gasteiger charge is -2.12. The van der Waals surface area contributed by atoms with Crippen LogP contribution in [-0.4, -0.2) is 23.5 Å². The monoisotopic (exact) mass is 424 g/mol. The minimum absolute atomic E-state index is 0.195. The SMILES string of the molecule is Cc1nc(-c2ccc(OCC(C)C)c(C(N)=O)c2)sc1C(=O)OCc1ccccc1. The molecule has 0 atom stereocenters. The highest BCUT2D eigenvalue weighted by Crippen LogP contribution is 2.32. The van der Waals surface area contributed by atoms with Gasteiger partial charge in [-0.25, -0.2) is 9.78 Å². The number of aryl methyl sites for hydroxylation is 1. The van der Waals surface area contributed by atoms with Gasteiger partial charge < -0.3 is 15.2 Å². The van der Waals surface area contributed by atoms with Gasteiger partial charge in [0.1, 0.15) is 22.2 Å². The van der Waals surface area contributed by atoms with Crippen molar-refractivity contribution in [3.63, 3.8) is 0 Å². The number of benzene rings is 2. The van der Waals surface area contributed by atoms with Gasteiger partial charge in [0.25, 0.3) is 5.91 Å². The summed E-state index contributed by atoms with van der Waals surface area (Å²) in [4.78, 5) is 29.3. The number of ether oxygens (including phenoxy) is 2. The summed E-state index contributed by atoms with van der Waals surface area (Å²) in [5.41, 5.74) is 8.00. The van der Waals surface area contributed by atoms with E-state index >= 15 is 0 Å². The number of primary amides is 1. The summed E-state index contributed by atoms with van der Waals surface area (Å²) in [6, 6.07) is 14.6. The first kappa shape index (κ1) is 21.5. The van der Waals surface area contributed by atoms with E-state index in [4.69, 9.17) is 15.2 Å². The molecule has 0 saturated carbocycles. The van der Waals surface area contributed by atoms with Crippen LogP contribution in [0.2, 0.25) is 0 Å². The van der Waals surface area contributed by atoms with Crippen LogP contribution in [0.4, 0.5) is 0 Å². The summed E-state index contributed by atoms with van der Waals surface area (Å²) in [7, 11) is 0. The number of hydrogen-bond acceptors (Lipinski definition) is 6. The highest BCUT2D eigenvalue weighted by Gasteiger charge is 2.19. The van der Waals surface area contributed by atoms with Gasteiger partial charge in [0.15, 0.2) is 0 Å². The van der Waals surface area contributed by atoms with E-state index in [9.17, 15) is 9.59 Å². The maximum absolute atomic E-state index is 12.5. The van der Waals surface area contributed by atoms with E-state index < -0.39 is 11.9 Å². The molecule has 30 heavy (non-hydrogen) atoms. The summed E-state index contributed by atoms with van der Waals surface area (Å²) in [6.45, 7) is 6.48. The number of aromatic nitrogens is 1. The van der Waals surface area contributed by atoms with E-state index in [1.165, 1.54) is 11.3 Å². The molecule has 3 aromatic rings. The van der Waals surface area contributed by atoms with E-state index in [-0.39, 0.29) is 12.2 Å². The van der Waals surface area contributed by atoms with Crippen LogP contribution in [0.5, 0.6) is 5.75 Å². The third-order valence-electron chi connectivity index (χ3n) is 4.26. The van der Waals surface area contributed by atoms with Crippen LogP contribution in [0, 0.1) is 12.8 Å². The Morgan fingerprint density at radius 2 is 1.87 bits per heavy atom. The predicted molar refractivity (Wildman–Crippen MR) is 117 cm³/mol. The third kappa shape index (κ3) is 5.24. The van der Waals surface area contributed by atoms with Crippen LogP contribution in [0.15, 0.2) is 48.5 Å². The molecule has 0 fully saturated rings. The van der Waals surface area contributed by atoms with E-state index in [1.54, 1.807) is 25.1 Å². The van der Waals surface area contributed by atoms with Crippen molar-refractivity contribution in [3.8, 4) is 16.3 Å². The second-order valence-corrected chi connectivity index (χ2v) is 8.27. The largest absolute Gasteiger partial charge is 0.492 e. The van der Waals surface area contributed by atoms with Crippen molar-refractivity contribution in [1.29, 1.82) is 0 Å². The minimum atomic E-state index is -0.577. The summed E-state index contributed by atoms with van der Waals surface area (Å²) >= 11 is 1.22. The van der Waals surface area contributed by atoms with Gasteiger partial charge in [0.05, 0.1) is 17.9 Å². The highest BCUT2D eigenvalue weighted by atomic mass is 32.1. The van der Waals surface area contributed by atoms with Gasteiger partial charge >= 0.3 is 5.97 Å². The topological polar surface area (TPSA) is 91.5 Å². The van der Waals surface area contributed by atoms with Gasteiger partial charge in [0.2, 0.25) is 0 Å². The number of amides is 1. The van der Waals surface area contributed by atoms with Crippen LogP contribution in [0.3, 0.4) is 0 Å². The zero-order chi connectivity index (χ0) is 21.7. The van der Waals surface area contributed by atoms with Crippen molar-refractivity contribution in [2.75, 3.05) is 6.61 Å². The lowest BCUT2D eigenvalue weighted by Crippen LogP contribution is -2.14. The lowest BCUT2D eigenvalue weighted by atomic mass is 10.1. The lowest BCUT2D eigenvalue weighted by molar-refractivity contribution is 0.0477. The molecule has 156 valence electrons. The number of rotatable bonds is 8. The Hall–Kier alpha value is -3.19. The Bertz CT molecular complexity index is 1040. The summed E-state index contributed by atoms with van der Waals surface area (Å²) in [5, 5.41) is 0.608. The zero-order valence-electron chi connectivity index (χ0n) is 17.2. The molecule has 0 saturated heterocycles. The van der Waals surface area contributed by atoms with Gasteiger partial charge in [-0.05, 0) is 36.6 Å². The Kier molecular flexibility index (Phi) is 6.84. The minimum Gasteiger partial charge on any atom is -0.492 e. The van der Waals surface area contributed by atoms with E-state index in [0.29, 0.717) is 39.4 Å². The van der Waals surface area contributed by atoms with E-state index in [1.807, 2.05) is 44.2 Å². The van der Waals surface area contributed by atoms with Crippen LogP contribution < -0.4 is 10.5 Å². The highest BCUT2D eigenvalue weighted by molar-refractivity contribution is 7.17. The normalized spacial score (nSPS) is 10.8. The molecule has 0 bridgehead atoms. The standard InChI is InChI=1S/C23H24N2O4S/c1-14(2)12-28-19-10-9-17(11-18(19)21(24)26)22-25-15(3)20(30-22)23(27)29-13-16-7-5-4-6-8-16/h4-11,14H,12-13H2,1-3H3,(H2,24,26). The van der Waals surface area contributed by atoms with Crippen molar-refractivity contribution < 1.29 is 19.1 Å². The van der Waals surface area contributed by atoms with Crippen molar-refractivity contribution >= 4 is 23.2 Å². The first-order valence-corrected chi connectivity index (χ1v) is 10.4. The maximum Gasteiger partial charge on any atom is 0.350 e. The second kappa shape index (κ2) is 9.54. The number of esters is 1. The fourth-order valence-corrected chi connectivity index (χ4v) is 3.69. The third-order valence-corrected chi connectivity index (χ3v) is 5.45. The van der Waals surface area contributed by atoms with Gasteiger partial charge in [-0.1, -0.05) is 44.2 Å². The Morgan fingerprint density at radius 1 is 1.13 bits per heavy atom. The summed E-state index contributed by atoms with van der Waals surface area (Å²) in [5.74, 6) is -0.245. The molecule has 0 aliphatic rings. The first-order valence-electron chi connectivity index (χ1n) is 9.60. The van der Waals surface area contributed by atoms with Crippen LogP contribution in [0.1, 0.15) is 45.1 Å². The first-order chi connectivity index (χ1) is 14.3. The van der Waals surface area contributed by atoms with Gasteiger partial charge in [-0.3, -0.25) is 4.79 Å². The van der Waals surface area contributed by atoms with E-state index in [2.05, 4.69) is 4.98 Å². The Balaban J connectivity index is 1.80.